The summed E-state index contributed by atoms with van der Waals surface area (Å²) in [6, 6.07) is 11.6. The maximum atomic E-state index is 11.6. The molecule has 3 fully saturated rings. The molecule has 3 aliphatic rings. The van der Waals surface area contributed by atoms with E-state index in [1.807, 2.05) is 48.3 Å². The summed E-state index contributed by atoms with van der Waals surface area (Å²) in [7, 11) is 3.40. The lowest BCUT2D eigenvalue weighted by Crippen LogP contribution is -2.72. The number of benzene rings is 2. The Balaban J connectivity index is 1.08. The predicted molar refractivity (Wildman–Crippen MR) is 193 cm³/mol. The Morgan fingerprint density at radius 3 is 2.16 bits per heavy atom. The van der Waals surface area contributed by atoms with Gasteiger partial charge in [0.1, 0.15) is 11.5 Å². The Morgan fingerprint density at radius 2 is 1.58 bits per heavy atom. The van der Waals surface area contributed by atoms with Crippen LogP contribution in [0.2, 0.25) is 10.0 Å². The number of ether oxygens (including phenoxy) is 1. The predicted octanol–water partition coefficient (Wildman–Crippen LogP) is 4.66. The van der Waals surface area contributed by atoms with Gasteiger partial charge in [-0.2, -0.15) is 0 Å². The molecule has 5 heterocycles. The Hall–Kier alpha value is -4.36. The zero-order valence-electron chi connectivity index (χ0n) is 28.2. The third-order valence-electron chi connectivity index (χ3n) is 9.69. The first kappa shape index (κ1) is 34.1. The molecule has 0 unspecified atom stereocenters. The summed E-state index contributed by atoms with van der Waals surface area (Å²) < 4.78 is 5.59. The maximum Gasteiger partial charge on any atom is 0.237 e. The van der Waals surface area contributed by atoms with Crippen molar-refractivity contribution in [1.29, 1.82) is 0 Å². The van der Waals surface area contributed by atoms with Gasteiger partial charge in [0.2, 0.25) is 17.7 Å². The van der Waals surface area contributed by atoms with Gasteiger partial charge in [-0.05, 0) is 6.42 Å². The molecule has 2 aromatic carbocycles. The minimum absolute atomic E-state index is 0.0848. The van der Waals surface area contributed by atoms with Crippen molar-refractivity contribution in [3.63, 3.8) is 0 Å². The topological polar surface area (TPSA) is 138 Å². The minimum atomic E-state index is 0.0848. The molecular weight excluding hydrogens is 677 g/mol. The lowest BCUT2D eigenvalue weighted by molar-refractivity contribution is -0.157. The number of halogens is 2. The van der Waals surface area contributed by atoms with E-state index in [0.717, 1.165) is 55.0 Å². The first-order chi connectivity index (χ1) is 24.2. The highest BCUT2D eigenvalue weighted by Gasteiger charge is 2.52. The van der Waals surface area contributed by atoms with E-state index in [2.05, 4.69) is 25.8 Å². The molecule has 1 atom stereocenters. The fourth-order valence-corrected chi connectivity index (χ4v) is 7.80. The Kier molecular flexibility index (Phi) is 9.62. The fourth-order valence-electron chi connectivity index (χ4n) is 7.15. The van der Waals surface area contributed by atoms with Crippen molar-refractivity contribution in [3.05, 3.63) is 70.2 Å². The van der Waals surface area contributed by atoms with Gasteiger partial charge in [-0.1, -0.05) is 59.6 Å². The van der Waals surface area contributed by atoms with Crippen LogP contribution in [0.25, 0.3) is 33.6 Å². The number of hydrogen-bond acceptors (Lipinski definition) is 10. The van der Waals surface area contributed by atoms with Crippen LogP contribution in [-0.4, -0.2) is 94.5 Å². The second kappa shape index (κ2) is 14.1. The first-order valence-electron chi connectivity index (χ1n) is 16.7. The highest BCUT2D eigenvalue weighted by atomic mass is 35.5. The SMILES string of the molecule is CNc1nc(-c2cccc(-c3cccc(-c4cnc(CNC[C@@H]5CCC(=O)N5)c(OC)n4)c3Cl)c2Cl)cnc1CN1CC2(C1)CN(C(C)=O)C2. The maximum absolute atomic E-state index is 11.6. The number of nitrogens with zero attached hydrogens (tertiary/aromatic N) is 6. The van der Waals surface area contributed by atoms with Gasteiger partial charge in [-0.15, -0.1) is 0 Å². The number of carbonyl (C=O) groups excluding carboxylic acids is 2. The van der Waals surface area contributed by atoms with Crippen LogP contribution in [0.4, 0.5) is 5.82 Å². The smallest absolute Gasteiger partial charge is 0.237 e. The normalized spacial score (nSPS) is 18.1. The lowest BCUT2D eigenvalue weighted by Gasteiger charge is -2.60. The summed E-state index contributed by atoms with van der Waals surface area (Å²) in [5, 5.41) is 10.5. The molecule has 1 spiro atoms. The number of amides is 2. The number of likely N-dealkylation sites (tertiary alicyclic amines) is 2. The second-order valence-electron chi connectivity index (χ2n) is 13.3. The molecule has 3 aliphatic heterocycles. The minimum Gasteiger partial charge on any atom is -0.480 e. The number of aromatic nitrogens is 4. The molecule has 2 aromatic heterocycles. The third-order valence-corrected chi connectivity index (χ3v) is 10.5. The number of nitrogens with one attached hydrogen (secondary N) is 3. The molecule has 3 saturated heterocycles. The molecule has 0 radical (unpaired) electrons. The van der Waals surface area contributed by atoms with E-state index in [9.17, 15) is 9.59 Å². The van der Waals surface area contributed by atoms with Crippen molar-refractivity contribution in [2.24, 2.45) is 5.41 Å². The Bertz CT molecular complexity index is 1940. The van der Waals surface area contributed by atoms with Crippen LogP contribution in [0.3, 0.4) is 0 Å². The zero-order valence-corrected chi connectivity index (χ0v) is 29.7. The van der Waals surface area contributed by atoms with Gasteiger partial charge in [-0.3, -0.25) is 24.5 Å². The van der Waals surface area contributed by atoms with Crippen molar-refractivity contribution in [1.82, 2.24) is 40.4 Å². The standard InChI is InChI=1S/C36H39Cl2N9O3/c1-21(48)47-19-36(20-47)17-46(18-36)16-30-34(39-2)44-27(14-42-30)25-8-4-6-23(32(25)37)24-7-5-9-26(33(24)38)28-15-41-29(35(45-28)50-3)13-40-12-22-10-11-31(49)43-22/h4-9,14-15,22,40H,10-13,16-20H2,1-3H3,(H,39,44)(H,43,49)/t22-/m0/s1. The van der Waals surface area contributed by atoms with Gasteiger partial charge in [-0.25, -0.2) is 9.97 Å². The van der Waals surface area contributed by atoms with Crippen LogP contribution in [0.5, 0.6) is 5.88 Å². The van der Waals surface area contributed by atoms with Gasteiger partial charge in [0.05, 0.1) is 46.6 Å². The van der Waals surface area contributed by atoms with Crippen LogP contribution in [0.1, 0.15) is 31.2 Å². The van der Waals surface area contributed by atoms with Gasteiger partial charge in [0.15, 0.2) is 0 Å². The molecule has 260 valence electrons. The average Bonchev–Trinajstić information content (AvgIpc) is 3.50. The van der Waals surface area contributed by atoms with Crippen LogP contribution in [0.15, 0.2) is 48.8 Å². The third kappa shape index (κ3) is 6.72. The average molecular weight is 717 g/mol. The van der Waals surface area contributed by atoms with Gasteiger partial charge in [0.25, 0.3) is 0 Å². The monoisotopic (exact) mass is 715 g/mol. The van der Waals surface area contributed by atoms with Gasteiger partial charge in [0, 0.05) is 99.9 Å². The molecule has 14 heteroatoms. The summed E-state index contributed by atoms with van der Waals surface area (Å²) in [6.07, 6.45) is 4.82. The van der Waals surface area contributed by atoms with Crippen molar-refractivity contribution < 1.29 is 14.3 Å². The number of hydrogen-bond donors (Lipinski definition) is 3. The van der Waals surface area contributed by atoms with E-state index in [-0.39, 0.29) is 23.3 Å². The molecular formula is C36H39Cl2N9O3. The van der Waals surface area contributed by atoms with Crippen molar-refractivity contribution in [2.45, 2.75) is 38.9 Å². The second-order valence-corrected chi connectivity index (χ2v) is 14.1. The van der Waals surface area contributed by atoms with Crippen molar-refractivity contribution >= 4 is 40.8 Å². The van der Waals surface area contributed by atoms with E-state index in [1.54, 1.807) is 26.4 Å². The number of rotatable bonds is 11. The molecule has 2 amide bonds. The highest BCUT2D eigenvalue weighted by Crippen LogP contribution is 2.43. The fraction of sp³-hybridized carbons (Fsp3) is 0.389. The molecule has 12 nitrogen and oxygen atoms in total. The van der Waals surface area contributed by atoms with Crippen molar-refractivity contribution in [2.75, 3.05) is 52.2 Å². The lowest BCUT2D eigenvalue weighted by atomic mass is 9.73. The summed E-state index contributed by atoms with van der Waals surface area (Å²) >= 11 is 14.2. The summed E-state index contributed by atoms with van der Waals surface area (Å²) in [6.45, 7) is 6.94. The molecule has 50 heavy (non-hydrogen) atoms. The molecule has 4 aromatic rings. The largest absolute Gasteiger partial charge is 0.480 e. The quantitative estimate of drug-likeness (QED) is 0.201. The van der Waals surface area contributed by atoms with Gasteiger partial charge < -0.3 is 25.6 Å². The van der Waals surface area contributed by atoms with Crippen LogP contribution in [0, 0.1) is 5.41 Å². The van der Waals surface area contributed by atoms with E-state index in [0.29, 0.717) is 70.4 Å². The molecule has 7 rings (SSSR count). The number of anilines is 1. The Morgan fingerprint density at radius 1 is 0.960 bits per heavy atom. The van der Waals surface area contributed by atoms with Crippen LogP contribution < -0.4 is 20.7 Å². The first-order valence-corrected chi connectivity index (χ1v) is 17.4. The zero-order chi connectivity index (χ0) is 35.0. The van der Waals surface area contributed by atoms with E-state index in [4.69, 9.17) is 42.9 Å². The molecule has 0 aliphatic carbocycles. The van der Waals surface area contributed by atoms with Crippen LogP contribution >= 0.6 is 23.2 Å². The number of carbonyl (C=O) groups is 2. The number of methoxy groups -OCH3 is 1. The summed E-state index contributed by atoms with van der Waals surface area (Å²) in [4.78, 5) is 46.4. The highest BCUT2D eigenvalue weighted by molar-refractivity contribution is 6.39. The summed E-state index contributed by atoms with van der Waals surface area (Å²) in [5.74, 6) is 1.32. The van der Waals surface area contributed by atoms with Crippen LogP contribution in [-0.2, 0) is 22.7 Å². The summed E-state index contributed by atoms with van der Waals surface area (Å²) in [5.41, 5.74) is 5.86. The Labute approximate surface area is 301 Å². The van der Waals surface area contributed by atoms with E-state index < -0.39 is 0 Å². The van der Waals surface area contributed by atoms with Crippen molar-refractivity contribution in [3.8, 4) is 39.5 Å². The van der Waals surface area contributed by atoms with Gasteiger partial charge >= 0.3 is 0 Å². The molecule has 0 saturated carbocycles. The van der Waals surface area contributed by atoms with E-state index >= 15 is 0 Å². The molecule has 3 N–H and O–H groups in total. The molecule has 0 bridgehead atoms. The van der Waals surface area contributed by atoms with E-state index in [1.165, 1.54) is 0 Å².